The highest BCUT2D eigenvalue weighted by Crippen LogP contribution is 2.19. The first-order chi connectivity index (χ1) is 11.5. The summed E-state index contributed by atoms with van der Waals surface area (Å²) in [6.45, 7) is 0. The van der Waals surface area contributed by atoms with E-state index in [2.05, 4.69) is 14.5 Å². The first-order valence-corrected chi connectivity index (χ1v) is 9.77. The fourth-order valence-corrected chi connectivity index (χ4v) is 3.29. The van der Waals surface area contributed by atoms with Gasteiger partial charge in [-0.3, -0.25) is 4.79 Å². The Morgan fingerprint density at radius 3 is 2.28 bits per heavy atom. The molecule has 134 valence electrons. The summed E-state index contributed by atoms with van der Waals surface area (Å²) in [5.74, 6) is -1.99. The Labute approximate surface area is 147 Å². The zero-order valence-corrected chi connectivity index (χ0v) is 14.6. The largest absolute Gasteiger partial charge is 0.488 e. The van der Waals surface area contributed by atoms with Crippen LogP contribution in [-0.4, -0.2) is 33.5 Å². The predicted octanol–water partition coefficient (Wildman–Crippen LogP) is 1.74. The first kappa shape index (κ1) is 19.1. The molecule has 0 bridgehead atoms. The minimum atomic E-state index is -5.21. The van der Waals surface area contributed by atoms with Crippen LogP contribution in [0.5, 0.6) is 5.75 Å². The third-order valence-corrected chi connectivity index (χ3v) is 4.94. The molecule has 0 atom stereocenters. The van der Waals surface area contributed by atoms with E-state index in [0.717, 1.165) is 24.3 Å². The summed E-state index contributed by atoms with van der Waals surface area (Å²) in [4.78, 5) is 15.4. The van der Waals surface area contributed by atoms with Crippen LogP contribution in [0.4, 0.5) is 9.70 Å². The van der Waals surface area contributed by atoms with E-state index in [0.29, 0.717) is 5.02 Å². The number of sulfone groups is 1. The zero-order chi connectivity index (χ0) is 18.7. The molecule has 2 rings (SSSR count). The van der Waals surface area contributed by atoms with E-state index in [1.807, 2.05) is 0 Å². The summed E-state index contributed by atoms with van der Waals surface area (Å²) < 4.78 is 61.3. The maximum absolute atomic E-state index is 12.4. The van der Waals surface area contributed by atoms with Crippen LogP contribution in [-0.2, 0) is 25.1 Å². The molecule has 1 heterocycles. The lowest BCUT2D eigenvalue weighted by atomic mass is 10.3. The van der Waals surface area contributed by atoms with Crippen LogP contribution in [0.15, 0.2) is 47.5 Å². The van der Waals surface area contributed by atoms with Crippen LogP contribution in [0.25, 0.3) is 0 Å². The summed E-state index contributed by atoms with van der Waals surface area (Å²) in [7, 11) is -9.22. The Morgan fingerprint density at radius 1 is 1.12 bits per heavy atom. The van der Waals surface area contributed by atoms with Gasteiger partial charge in [-0.25, -0.2) is 13.4 Å². The smallest absolute Gasteiger partial charge is 0.358 e. The Morgan fingerprint density at radius 2 is 1.76 bits per heavy atom. The van der Waals surface area contributed by atoms with Gasteiger partial charge in [0.05, 0.1) is 9.92 Å². The topological polar surface area (TPSA) is 119 Å². The quantitative estimate of drug-likeness (QED) is 0.723. The van der Waals surface area contributed by atoms with Gasteiger partial charge in [-0.15, -0.1) is 0 Å². The van der Waals surface area contributed by atoms with Crippen LogP contribution in [0.2, 0.25) is 5.02 Å². The number of nitrogens with zero attached hydrogens (tertiary/aromatic N) is 1. The molecule has 0 fully saturated rings. The summed E-state index contributed by atoms with van der Waals surface area (Å²) in [5.41, 5.74) is 0. The Hall–Kier alpha value is -2.24. The van der Waals surface area contributed by atoms with E-state index >= 15 is 0 Å². The molecule has 0 aliphatic rings. The molecule has 0 aliphatic carbocycles. The lowest BCUT2D eigenvalue weighted by Gasteiger charge is -2.07. The number of benzene rings is 1. The van der Waals surface area contributed by atoms with Crippen LogP contribution in [0.1, 0.15) is 0 Å². The summed E-state index contributed by atoms with van der Waals surface area (Å²) in [6.07, 6.45) is 1.28. The number of anilines is 1. The van der Waals surface area contributed by atoms with Gasteiger partial charge in [0.1, 0.15) is 17.3 Å². The molecular formula is C13H10ClFN2O6S2. The molecule has 1 N–H and O–H groups in total. The molecule has 1 amide bonds. The molecule has 8 nitrogen and oxygen atoms in total. The molecule has 0 unspecified atom stereocenters. The number of amides is 1. The number of carbonyl (C=O) groups excluding carboxylic acids is 1. The van der Waals surface area contributed by atoms with Crippen molar-refractivity contribution >= 4 is 43.7 Å². The number of hydrogen-bond donors (Lipinski definition) is 1. The highest BCUT2D eigenvalue weighted by molar-refractivity contribution is 7.92. The highest BCUT2D eigenvalue weighted by atomic mass is 35.5. The average Bonchev–Trinajstić information content (AvgIpc) is 2.48. The SMILES string of the molecule is O=C(CS(=O)(=O)c1ccc(OS(=O)(=O)F)cc1)Nc1ccc(Cl)cn1. The van der Waals surface area contributed by atoms with E-state index < -0.39 is 37.8 Å². The Kier molecular flexibility index (Phi) is 5.60. The zero-order valence-electron chi connectivity index (χ0n) is 12.2. The van der Waals surface area contributed by atoms with Gasteiger partial charge in [0.15, 0.2) is 9.84 Å². The van der Waals surface area contributed by atoms with Gasteiger partial charge in [0.2, 0.25) is 5.91 Å². The number of pyridine rings is 1. The van der Waals surface area contributed by atoms with Crippen molar-refractivity contribution in [1.29, 1.82) is 0 Å². The minimum absolute atomic E-state index is 0.126. The van der Waals surface area contributed by atoms with Gasteiger partial charge in [-0.1, -0.05) is 15.5 Å². The molecule has 0 radical (unpaired) electrons. The van der Waals surface area contributed by atoms with Crippen LogP contribution < -0.4 is 9.50 Å². The van der Waals surface area contributed by atoms with Crippen LogP contribution in [0.3, 0.4) is 0 Å². The summed E-state index contributed by atoms with van der Waals surface area (Å²) in [6, 6.07) is 6.74. The fourth-order valence-electron chi connectivity index (χ4n) is 1.70. The second-order valence-corrected chi connectivity index (χ2v) is 8.00. The number of rotatable bonds is 6. The number of hydrogen-bond acceptors (Lipinski definition) is 7. The van der Waals surface area contributed by atoms with Gasteiger partial charge in [-0.2, -0.15) is 8.42 Å². The Bertz CT molecular complexity index is 976. The maximum Gasteiger partial charge on any atom is 0.488 e. The van der Waals surface area contributed by atoms with Crippen molar-refractivity contribution in [3.63, 3.8) is 0 Å². The van der Waals surface area contributed by atoms with Gasteiger partial charge in [0, 0.05) is 6.20 Å². The van der Waals surface area contributed by atoms with Crippen molar-refractivity contribution in [2.24, 2.45) is 0 Å². The predicted molar refractivity (Wildman–Crippen MR) is 87.0 cm³/mol. The van der Waals surface area contributed by atoms with Crippen molar-refractivity contribution in [2.75, 3.05) is 11.1 Å². The molecule has 1 aromatic heterocycles. The van der Waals surface area contributed by atoms with E-state index in [4.69, 9.17) is 11.6 Å². The molecule has 2 aromatic rings. The lowest BCUT2D eigenvalue weighted by molar-refractivity contribution is -0.113. The second-order valence-electron chi connectivity index (χ2n) is 4.62. The molecule has 12 heteroatoms. The van der Waals surface area contributed by atoms with Crippen molar-refractivity contribution in [1.82, 2.24) is 4.98 Å². The monoisotopic (exact) mass is 408 g/mol. The van der Waals surface area contributed by atoms with Crippen molar-refractivity contribution < 1.29 is 29.7 Å². The second kappa shape index (κ2) is 7.33. The highest BCUT2D eigenvalue weighted by Gasteiger charge is 2.20. The van der Waals surface area contributed by atoms with E-state index in [9.17, 15) is 25.5 Å². The molecular weight excluding hydrogens is 399 g/mol. The minimum Gasteiger partial charge on any atom is -0.358 e. The summed E-state index contributed by atoms with van der Waals surface area (Å²) in [5, 5.41) is 2.65. The average molecular weight is 409 g/mol. The standard InChI is InChI=1S/C13H10ClFN2O6S2/c14-9-1-6-12(16-7-9)17-13(18)8-24(19,20)11-4-2-10(3-5-11)23-25(15,21)22/h1-7H,8H2,(H,16,17,18). The first-order valence-electron chi connectivity index (χ1n) is 6.43. The van der Waals surface area contributed by atoms with Crippen LogP contribution >= 0.6 is 11.6 Å². The lowest BCUT2D eigenvalue weighted by Crippen LogP contribution is -2.23. The van der Waals surface area contributed by atoms with Gasteiger partial charge < -0.3 is 9.50 Å². The molecule has 0 saturated carbocycles. The van der Waals surface area contributed by atoms with E-state index in [-0.39, 0.29) is 10.7 Å². The van der Waals surface area contributed by atoms with Crippen molar-refractivity contribution in [2.45, 2.75) is 4.90 Å². The van der Waals surface area contributed by atoms with E-state index in [1.165, 1.54) is 18.3 Å². The van der Waals surface area contributed by atoms with Gasteiger partial charge >= 0.3 is 10.5 Å². The molecule has 1 aromatic carbocycles. The van der Waals surface area contributed by atoms with Gasteiger partial charge in [0.25, 0.3) is 0 Å². The van der Waals surface area contributed by atoms with E-state index in [1.54, 1.807) is 0 Å². The van der Waals surface area contributed by atoms with Crippen molar-refractivity contribution in [3.05, 3.63) is 47.6 Å². The van der Waals surface area contributed by atoms with Crippen LogP contribution in [0, 0.1) is 0 Å². The molecule has 25 heavy (non-hydrogen) atoms. The third kappa shape index (κ3) is 5.96. The number of aromatic nitrogens is 1. The normalized spacial score (nSPS) is 11.8. The fraction of sp³-hybridized carbons (Fsp3) is 0.0769. The maximum atomic E-state index is 12.4. The molecule has 0 aliphatic heterocycles. The molecule has 0 saturated heterocycles. The number of carbonyl (C=O) groups is 1. The Balaban J connectivity index is 2.07. The van der Waals surface area contributed by atoms with Crippen molar-refractivity contribution in [3.8, 4) is 5.75 Å². The number of nitrogens with one attached hydrogen (secondary N) is 1. The molecule has 0 spiro atoms. The summed E-state index contributed by atoms with van der Waals surface area (Å²) >= 11 is 5.65. The van der Waals surface area contributed by atoms with Gasteiger partial charge in [-0.05, 0) is 36.4 Å². The third-order valence-electron chi connectivity index (χ3n) is 2.69. The number of halogens is 2.